The fourth-order valence-corrected chi connectivity index (χ4v) is 5.08. The predicted octanol–water partition coefficient (Wildman–Crippen LogP) is 1.73. The lowest BCUT2D eigenvalue weighted by atomic mass is 10.0. The summed E-state index contributed by atoms with van der Waals surface area (Å²) in [6.45, 7) is 3.05. The summed E-state index contributed by atoms with van der Waals surface area (Å²) in [4.78, 5) is 27.4. The van der Waals surface area contributed by atoms with E-state index in [1.165, 1.54) is 48.8 Å². The van der Waals surface area contributed by atoms with Crippen molar-refractivity contribution in [2.45, 2.75) is 42.9 Å². The van der Waals surface area contributed by atoms with Gasteiger partial charge in [-0.05, 0) is 12.3 Å². The van der Waals surface area contributed by atoms with Crippen LogP contribution in [0.5, 0.6) is 0 Å². The van der Waals surface area contributed by atoms with E-state index in [1.54, 1.807) is 0 Å². The van der Waals surface area contributed by atoms with Gasteiger partial charge in [0.2, 0.25) is 16.9 Å². The number of hydrogen-bond acceptors (Lipinski definition) is 7. The molecule has 0 aromatic carbocycles. The number of carbonyl (C=O) groups is 2. The van der Waals surface area contributed by atoms with Gasteiger partial charge < -0.3 is 15.5 Å². The molecule has 138 valence electrons. The first-order chi connectivity index (χ1) is 12.1. The number of anilines is 1. The molecule has 1 aromatic rings. The third-order valence-electron chi connectivity index (χ3n) is 4.88. The van der Waals surface area contributed by atoms with Gasteiger partial charge in [-0.2, -0.15) is 0 Å². The number of aromatic nitrogens is 2. The molecular formula is C16H25N5O2S2. The van der Waals surface area contributed by atoms with Crippen LogP contribution in [-0.4, -0.2) is 58.8 Å². The number of primary amides is 1. The molecule has 2 N–H and O–H groups in total. The van der Waals surface area contributed by atoms with Gasteiger partial charge in [-0.15, -0.1) is 10.2 Å². The molecule has 2 fully saturated rings. The average molecular weight is 384 g/mol. The summed E-state index contributed by atoms with van der Waals surface area (Å²) in [5.41, 5.74) is 5.15. The molecule has 3 rings (SSSR count). The van der Waals surface area contributed by atoms with Gasteiger partial charge >= 0.3 is 0 Å². The van der Waals surface area contributed by atoms with E-state index in [1.807, 2.05) is 4.90 Å². The molecule has 7 nitrogen and oxygen atoms in total. The maximum atomic E-state index is 12.4. The van der Waals surface area contributed by atoms with E-state index in [-0.39, 0.29) is 11.7 Å². The molecule has 2 amide bonds. The number of hydrogen-bond donors (Lipinski definition) is 1. The Hall–Kier alpha value is -1.35. The van der Waals surface area contributed by atoms with E-state index in [9.17, 15) is 9.59 Å². The number of rotatable bonds is 7. The fraction of sp³-hybridized carbons (Fsp3) is 0.750. The number of carbonyl (C=O) groups excluding carboxylic acids is 2. The minimum absolute atomic E-state index is 0.220. The molecule has 1 aliphatic heterocycles. The minimum Gasteiger partial charge on any atom is -0.369 e. The van der Waals surface area contributed by atoms with Crippen LogP contribution in [-0.2, 0) is 9.59 Å². The molecule has 1 aliphatic carbocycles. The molecule has 1 saturated heterocycles. The quantitative estimate of drug-likeness (QED) is 0.721. The zero-order chi connectivity index (χ0) is 17.6. The lowest BCUT2D eigenvalue weighted by Crippen LogP contribution is -2.48. The molecule has 2 aliphatic rings. The molecule has 9 heteroatoms. The highest BCUT2D eigenvalue weighted by Crippen LogP contribution is 2.30. The SMILES string of the molecule is NC(=O)CSc1nnc(N2CCN(C(=O)CCC3CCCC3)CC2)s1. The van der Waals surface area contributed by atoms with Gasteiger partial charge in [0.05, 0.1) is 5.75 Å². The van der Waals surface area contributed by atoms with Crippen molar-refractivity contribution in [3.63, 3.8) is 0 Å². The second-order valence-electron chi connectivity index (χ2n) is 6.66. The van der Waals surface area contributed by atoms with Gasteiger partial charge in [0.1, 0.15) is 0 Å². The van der Waals surface area contributed by atoms with Crippen molar-refractivity contribution in [1.29, 1.82) is 0 Å². The highest BCUT2D eigenvalue weighted by Gasteiger charge is 2.24. The zero-order valence-electron chi connectivity index (χ0n) is 14.4. The van der Waals surface area contributed by atoms with Crippen LogP contribution in [0.1, 0.15) is 38.5 Å². The van der Waals surface area contributed by atoms with Gasteiger partial charge in [0, 0.05) is 32.6 Å². The van der Waals surface area contributed by atoms with Crippen molar-refractivity contribution < 1.29 is 9.59 Å². The Kier molecular flexibility index (Phi) is 6.52. The normalized spacial score (nSPS) is 18.7. The maximum Gasteiger partial charge on any atom is 0.227 e. The molecule has 0 atom stereocenters. The Morgan fingerprint density at radius 1 is 1.16 bits per heavy atom. The van der Waals surface area contributed by atoms with Crippen molar-refractivity contribution in [1.82, 2.24) is 15.1 Å². The van der Waals surface area contributed by atoms with E-state index in [4.69, 9.17) is 5.73 Å². The lowest BCUT2D eigenvalue weighted by molar-refractivity contribution is -0.131. The number of thioether (sulfide) groups is 1. The second kappa shape index (κ2) is 8.84. The first-order valence-corrected chi connectivity index (χ1v) is 10.7. The molecule has 0 spiro atoms. The van der Waals surface area contributed by atoms with Crippen LogP contribution in [0.15, 0.2) is 4.34 Å². The van der Waals surface area contributed by atoms with Gasteiger partial charge in [-0.1, -0.05) is 48.8 Å². The van der Waals surface area contributed by atoms with Gasteiger partial charge in [-0.3, -0.25) is 9.59 Å². The standard InChI is InChI=1S/C16H25N5O2S2/c17-13(22)11-24-16-19-18-15(25-16)21-9-7-20(8-10-21)14(23)6-5-12-3-1-2-4-12/h12H,1-11H2,(H2,17,22). The van der Waals surface area contributed by atoms with Crippen LogP contribution in [0.3, 0.4) is 0 Å². The zero-order valence-corrected chi connectivity index (χ0v) is 16.0. The van der Waals surface area contributed by atoms with Crippen molar-refractivity contribution in [2.75, 3.05) is 36.8 Å². The number of nitrogens with two attached hydrogens (primary N) is 1. The molecular weight excluding hydrogens is 358 g/mol. The van der Waals surface area contributed by atoms with Crippen molar-refractivity contribution in [3.8, 4) is 0 Å². The summed E-state index contributed by atoms with van der Waals surface area (Å²) < 4.78 is 0.754. The van der Waals surface area contributed by atoms with Crippen LogP contribution in [0.4, 0.5) is 5.13 Å². The topological polar surface area (TPSA) is 92.4 Å². The van der Waals surface area contributed by atoms with Gasteiger partial charge in [0.25, 0.3) is 0 Å². The number of nitrogens with zero attached hydrogens (tertiary/aromatic N) is 4. The summed E-state index contributed by atoms with van der Waals surface area (Å²) >= 11 is 2.79. The summed E-state index contributed by atoms with van der Waals surface area (Å²) in [6.07, 6.45) is 7.01. The molecule has 25 heavy (non-hydrogen) atoms. The summed E-state index contributed by atoms with van der Waals surface area (Å²) in [7, 11) is 0. The molecule has 0 bridgehead atoms. The van der Waals surface area contributed by atoms with E-state index in [0.29, 0.717) is 12.3 Å². The highest BCUT2D eigenvalue weighted by atomic mass is 32.2. The van der Waals surface area contributed by atoms with Crippen LogP contribution < -0.4 is 10.6 Å². The Balaban J connectivity index is 1.41. The third-order valence-corrected chi connectivity index (χ3v) is 7.02. The van der Waals surface area contributed by atoms with Gasteiger partial charge in [0.15, 0.2) is 4.34 Å². The van der Waals surface area contributed by atoms with Crippen molar-refractivity contribution in [2.24, 2.45) is 11.7 Å². The van der Waals surface area contributed by atoms with Crippen molar-refractivity contribution >= 4 is 40.0 Å². The van der Waals surface area contributed by atoms with E-state index in [0.717, 1.165) is 48.0 Å². The monoisotopic (exact) mass is 383 g/mol. The minimum atomic E-state index is -0.355. The Morgan fingerprint density at radius 2 is 1.88 bits per heavy atom. The van der Waals surface area contributed by atoms with Crippen LogP contribution in [0, 0.1) is 5.92 Å². The van der Waals surface area contributed by atoms with E-state index in [2.05, 4.69) is 15.1 Å². The predicted molar refractivity (Wildman–Crippen MR) is 99.8 cm³/mol. The van der Waals surface area contributed by atoms with Crippen LogP contribution in [0.2, 0.25) is 0 Å². The van der Waals surface area contributed by atoms with E-state index >= 15 is 0 Å². The fourth-order valence-electron chi connectivity index (χ4n) is 3.45. The summed E-state index contributed by atoms with van der Waals surface area (Å²) in [6, 6.07) is 0. The Labute approximate surface area is 156 Å². The summed E-state index contributed by atoms with van der Waals surface area (Å²) in [5, 5.41) is 9.14. The molecule has 2 heterocycles. The largest absolute Gasteiger partial charge is 0.369 e. The van der Waals surface area contributed by atoms with Crippen LogP contribution >= 0.6 is 23.1 Å². The molecule has 1 aromatic heterocycles. The first kappa shape index (κ1) is 18.4. The lowest BCUT2D eigenvalue weighted by Gasteiger charge is -2.34. The first-order valence-electron chi connectivity index (χ1n) is 8.89. The average Bonchev–Trinajstić information content (AvgIpc) is 3.30. The smallest absolute Gasteiger partial charge is 0.227 e. The maximum absolute atomic E-state index is 12.4. The van der Waals surface area contributed by atoms with E-state index < -0.39 is 0 Å². The number of amides is 2. The Bertz CT molecular complexity index is 595. The molecule has 1 saturated carbocycles. The highest BCUT2D eigenvalue weighted by molar-refractivity contribution is 8.01. The number of piperazine rings is 1. The van der Waals surface area contributed by atoms with Crippen molar-refractivity contribution in [3.05, 3.63) is 0 Å². The Morgan fingerprint density at radius 3 is 2.56 bits per heavy atom. The molecule has 0 radical (unpaired) electrons. The summed E-state index contributed by atoms with van der Waals surface area (Å²) in [5.74, 6) is 0.925. The second-order valence-corrected chi connectivity index (χ2v) is 8.84. The van der Waals surface area contributed by atoms with Crippen LogP contribution in [0.25, 0.3) is 0 Å². The third kappa shape index (κ3) is 5.31. The molecule has 0 unspecified atom stereocenters. The van der Waals surface area contributed by atoms with Gasteiger partial charge in [-0.25, -0.2) is 0 Å².